The zero-order chi connectivity index (χ0) is 23.8. The molecule has 1 saturated carbocycles. The fourth-order valence-electron chi connectivity index (χ4n) is 4.35. The highest BCUT2D eigenvalue weighted by molar-refractivity contribution is 8.00. The van der Waals surface area contributed by atoms with Crippen LogP contribution < -0.4 is 5.32 Å². The van der Waals surface area contributed by atoms with Gasteiger partial charge >= 0.3 is 5.97 Å². The van der Waals surface area contributed by atoms with Crippen LogP contribution in [0.1, 0.15) is 19.3 Å². The number of pyridine rings is 1. The Bertz CT molecular complexity index is 1100. The Morgan fingerprint density at radius 3 is 2.74 bits per heavy atom. The number of carboxylic acid groups (broad SMARTS) is 1. The van der Waals surface area contributed by atoms with Crippen molar-refractivity contribution >= 4 is 47.2 Å². The summed E-state index contributed by atoms with van der Waals surface area (Å²) in [6, 6.07) is 2.83. The van der Waals surface area contributed by atoms with Gasteiger partial charge in [0.05, 0.1) is 5.75 Å². The average molecular weight is 501 g/mol. The maximum atomic E-state index is 12.8. The van der Waals surface area contributed by atoms with Crippen LogP contribution in [0.5, 0.6) is 0 Å². The molecule has 0 radical (unpaired) electrons. The zero-order valence-corrected chi connectivity index (χ0v) is 19.9. The van der Waals surface area contributed by atoms with E-state index in [1.807, 2.05) is 4.90 Å². The van der Waals surface area contributed by atoms with Gasteiger partial charge in [0.2, 0.25) is 11.8 Å². The monoisotopic (exact) mass is 500 g/mol. The molecule has 3 aliphatic heterocycles. The number of hydrogen-bond acceptors (Lipinski definition) is 7. The van der Waals surface area contributed by atoms with Gasteiger partial charge in [0, 0.05) is 41.7 Å². The van der Waals surface area contributed by atoms with Crippen LogP contribution in [0.15, 0.2) is 52.3 Å². The van der Waals surface area contributed by atoms with Crippen molar-refractivity contribution in [1.29, 1.82) is 0 Å². The van der Waals surface area contributed by atoms with E-state index >= 15 is 0 Å². The number of aliphatic carboxylic acids is 1. The minimum absolute atomic E-state index is 0.0389. The molecule has 11 heteroatoms. The lowest BCUT2D eigenvalue weighted by Crippen LogP contribution is -2.70. The molecule has 1 aliphatic carbocycles. The van der Waals surface area contributed by atoms with E-state index in [0.717, 1.165) is 24.3 Å². The molecule has 0 aromatic carbocycles. The van der Waals surface area contributed by atoms with Gasteiger partial charge in [0.15, 0.2) is 0 Å². The molecule has 0 bridgehead atoms. The third-order valence-corrected chi connectivity index (χ3v) is 8.59. The predicted molar refractivity (Wildman–Crippen MR) is 127 cm³/mol. The van der Waals surface area contributed by atoms with Crippen LogP contribution >= 0.6 is 23.5 Å². The summed E-state index contributed by atoms with van der Waals surface area (Å²) in [7, 11) is 0. The largest absolute Gasteiger partial charge is 0.477 e. The lowest BCUT2D eigenvalue weighted by molar-refractivity contribution is -0.150. The Kier molecular flexibility index (Phi) is 6.39. The van der Waals surface area contributed by atoms with Crippen molar-refractivity contribution in [2.24, 2.45) is 5.92 Å². The number of aromatic nitrogens is 1. The smallest absolute Gasteiger partial charge is 0.352 e. The summed E-state index contributed by atoms with van der Waals surface area (Å²) in [4.78, 5) is 57.9. The number of thioether (sulfide) groups is 2. The van der Waals surface area contributed by atoms with Crippen LogP contribution in [0.3, 0.4) is 0 Å². The zero-order valence-electron chi connectivity index (χ0n) is 18.3. The minimum atomic E-state index is -1.20. The molecule has 4 aliphatic rings. The summed E-state index contributed by atoms with van der Waals surface area (Å²) in [6.07, 6.45) is 7.84. The first-order valence-electron chi connectivity index (χ1n) is 11.2. The maximum absolute atomic E-state index is 12.8. The lowest BCUT2D eigenvalue weighted by atomic mass is 10.0. The van der Waals surface area contributed by atoms with Crippen molar-refractivity contribution in [2.45, 2.75) is 35.6 Å². The molecule has 3 fully saturated rings. The normalized spacial score (nSPS) is 25.5. The Morgan fingerprint density at radius 2 is 2.03 bits per heavy atom. The van der Waals surface area contributed by atoms with E-state index in [-0.39, 0.29) is 23.3 Å². The number of likely N-dealkylation sites (tertiary alicyclic amines) is 1. The van der Waals surface area contributed by atoms with Gasteiger partial charge in [-0.05, 0) is 49.0 Å². The van der Waals surface area contributed by atoms with Crippen LogP contribution in [-0.2, 0) is 19.2 Å². The summed E-state index contributed by atoms with van der Waals surface area (Å²) in [5, 5.41) is 12.1. The highest BCUT2D eigenvalue weighted by Crippen LogP contribution is 2.41. The molecule has 2 atom stereocenters. The molecule has 2 unspecified atom stereocenters. The van der Waals surface area contributed by atoms with Gasteiger partial charge in [0.1, 0.15) is 17.1 Å². The lowest BCUT2D eigenvalue weighted by Gasteiger charge is -2.49. The van der Waals surface area contributed by atoms with E-state index in [9.17, 15) is 24.3 Å². The highest BCUT2D eigenvalue weighted by atomic mass is 32.2. The summed E-state index contributed by atoms with van der Waals surface area (Å²) < 4.78 is 0. The average Bonchev–Trinajstić information content (AvgIpc) is 3.60. The van der Waals surface area contributed by atoms with Gasteiger partial charge in [0.25, 0.3) is 5.91 Å². The Morgan fingerprint density at radius 1 is 1.26 bits per heavy atom. The Balaban J connectivity index is 1.25. The molecule has 2 N–H and O–H groups in total. The second-order valence-corrected chi connectivity index (χ2v) is 10.9. The van der Waals surface area contributed by atoms with Gasteiger partial charge in [-0.3, -0.25) is 24.3 Å². The number of carbonyl (C=O) groups excluding carboxylic acids is 3. The molecule has 1 aromatic heterocycles. The molecule has 4 heterocycles. The van der Waals surface area contributed by atoms with E-state index in [1.165, 1.54) is 28.4 Å². The van der Waals surface area contributed by atoms with E-state index in [1.54, 1.807) is 30.6 Å². The molecule has 5 rings (SSSR count). The molecule has 178 valence electrons. The van der Waals surface area contributed by atoms with Crippen LogP contribution in [-0.4, -0.2) is 79.6 Å². The number of allylic oxidation sites excluding steroid dienone is 1. The van der Waals surface area contributed by atoms with E-state index in [4.69, 9.17) is 0 Å². The predicted octanol–water partition coefficient (Wildman–Crippen LogP) is 1.48. The number of amides is 3. The first-order chi connectivity index (χ1) is 16.4. The molecule has 2 saturated heterocycles. The first-order valence-corrected chi connectivity index (χ1v) is 13.2. The topological polar surface area (TPSA) is 120 Å². The van der Waals surface area contributed by atoms with Gasteiger partial charge in [-0.15, -0.1) is 23.5 Å². The fourth-order valence-corrected chi connectivity index (χ4v) is 6.35. The fraction of sp³-hybridized carbons (Fsp3) is 0.435. The SMILES string of the molecule is O=C(CSc1ccncc1)NC1C(=O)N2C(C(=O)O)=C(C=C3CCN(CC4CC4)C3=O)CSC12. The number of fused-ring (bicyclic) bond motifs is 1. The molecule has 9 nitrogen and oxygen atoms in total. The second-order valence-electron chi connectivity index (χ2n) is 8.72. The number of carbonyl (C=O) groups is 4. The van der Waals surface area contributed by atoms with Gasteiger partial charge < -0.3 is 15.3 Å². The van der Waals surface area contributed by atoms with Crippen molar-refractivity contribution in [3.8, 4) is 0 Å². The second kappa shape index (κ2) is 9.46. The van der Waals surface area contributed by atoms with Crippen LogP contribution in [0.2, 0.25) is 0 Å². The highest BCUT2D eigenvalue weighted by Gasteiger charge is 2.54. The van der Waals surface area contributed by atoms with E-state index in [0.29, 0.717) is 35.8 Å². The third kappa shape index (κ3) is 4.58. The van der Waals surface area contributed by atoms with Crippen molar-refractivity contribution in [1.82, 2.24) is 20.1 Å². The molecule has 1 aromatic rings. The number of nitrogens with zero attached hydrogens (tertiary/aromatic N) is 3. The Hall–Kier alpha value is -2.79. The van der Waals surface area contributed by atoms with Crippen LogP contribution in [0.25, 0.3) is 0 Å². The number of β-lactam (4-membered cyclic amide) rings is 1. The van der Waals surface area contributed by atoms with Crippen molar-refractivity contribution in [3.63, 3.8) is 0 Å². The third-order valence-electron chi connectivity index (χ3n) is 6.27. The molecular weight excluding hydrogens is 476 g/mol. The quantitative estimate of drug-likeness (QED) is 0.313. The van der Waals surface area contributed by atoms with Crippen molar-refractivity contribution in [3.05, 3.63) is 47.4 Å². The van der Waals surface area contributed by atoms with Gasteiger partial charge in [-0.1, -0.05) is 0 Å². The Labute approximate surface area is 205 Å². The van der Waals surface area contributed by atoms with Crippen molar-refractivity contribution in [2.75, 3.05) is 24.6 Å². The van der Waals surface area contributed by atoms with Gasteiger partial charge in [-0.25, -0.2) is 4.79 Å². The number of hydrogen-bond donors (Lipinski definition) is 2. The van der Waals surface area contributed by atoms with Crippen molar-refractivity contribution < 1.29 is 24.3 Å². The first kappa shape index (κ1) is 23.0. The summed E-state index contributed by atoms with van der Waals surface area (Å²) in [6.45, 7) is 1.42. The van der Waals surface area contributed by atoms with Crippen LogP contribution in [0.4, 0.5) is 0 Å². The molecule has 0 spiro atoms. The standard InChI is InChI=1S/C23H24N4O5S2/c28-17(12-33-16-3-6-24-7-4-16)25-18-21(30)27-19(23(31)32)15(11-34-22(18)27)9-14-5-8-26(20(14)29)10-13-1-2-13/h3-4,6-7,9,13,18,22H,1-2,5,8,10-12H2,(H,25,28)(H,31,32). The summed E-state index contributed by atoms with van der Waals surface area (Å²) in [5.41, 5.74) is 0.975. The molecule has 34 heavy (non-hydrogen) atoms. The number of nitrogens with one attached hydrogen (secondary N) is 1. The maximum Gasteiger partial charge on any atom is 0.352 e. The molecular formula is C23H24N4O5S2. The van der Waals surface area contributed by atoms with Gasteiger partial charge in [-0.2, -0.15) is 0 Å². The minimum Gasteiger partial charge on any atom is -0.477 e. The summed E-state index contributed by atoms with van der Waals surface area (Å²) >= 11 is 2.74. The molecule has 3 amide bonds. The summed E-state index contributed by atoms with van der Waals surface area (Å²) in [5.74, 6) is -0.886. The van der Waals surface area contributed by atoms with Crippen LogP contribution in [0, 0.1) is 5.92 Å². The van der Waals surface area contributed by atoms with E-state index < -0.39 is 23.3 Å². The number of rotatable bonds is 8. The number of carboxylic acids is 1. The van der Waals surface area contributed by atoms with E-state index in [2.05, 4.69) is 10.3 Å².